The molecule has 1 aromatic heterocycles. The van der Waals surface area contributed by atoms with Crippen LogP contribution in [-0.4, -0.2) is 58.0 Å². The minimum atomic E-state index is -1.68. The SMILES string of the molecule is COC(=O)C(O)[C@H]1[C@@]2(C)CC3(O)C(C4=C(CC[C@]5(C)C4=CC(=O)O[C@H]5c4ccoc4)[C@@]13C)[C@@H](O)C2=O. The molecule has 192 valence electrons. The highest BCUT2D eigenvalue weighted by atomic mass is 16.5. The molecule has 3 N–H and O–H groups in total. The number of hydrogen-bond donors (Lipinski definition) is 3. The van der Waals surface area contributed by atoms with Crippen molar-refractivity contribution in [3.63, 3.8) is 0 Å². The summed E-state index contributed by atoms with van der Waals surface area (Å²) in [5, 5.41) is 34.9. The third kappa shape index (κ3) is 2.40. The minimum absolute atomic E-state index is 0.0254. The fourth-order valence-electron chi connectivity index (χ4n) is 8.74. The molecule has 9 heteroatoms. The number of cyclic esters (lactones) is 1. The van der Waals surface area contributed by atoms with E-state index in [-0.39, 0.29) is 6.42 Å². The first kappa shape index (κ1) is 23.6. The van der Waals surface area contributed by atoms with Gasteiger partial charge in [-0.15, -0.1) is 0 Å². The maximum atomic E-state index is 13.7. The van der Waals surface area contributed by atoms with E-state index in [0.717, 1.165) is 12.7 Å². The number of rotatable bonds is 3. The molecular weight excluding hydrogens is 468 g/mol. The van der Waals surface area contributed by atoms with Crippen molar-refractivity contribution in [2.45, 2.75) is 63.9 Å². The first-order valence-electron chi connectivity index (χ1n) is 12.3. The van der Waals surface area contributed by atoms with Crippen LogP contribution in [0.3, 0.4) is 0 Å². The van der Waals surface area contributed by atoms with Gasteiger partial charge >= 0.3 is 11.9 Å². The van der Waals surface area contributed by atoms with E-state index in [1.165, 1.54) is 18.6 Å². The molecule has 2 saturated carbocycles. The first-order valence-corrected chi connectivity index (χ1v) is 12.3. The summed E-state index contributed by atoms with van der Waals surface area (Å²) >= 11 is 0. The van der Waals surface area contributed by atoms with Crippen molar-refractivity contribution in [2.75, 3.05) is 7.11 Å². The monoisotopic (exact) mass is 498 g/mol. The maximum Gasteiger partial charge on any atom is 0.335 e. The summed E-state index contributed by atoms with van der Waals surface area (Å²) in [6.45, 7) is 5.34. The number of Topliss-reactive ketones (excluding diaryl/α,β-unsaturated/α-hetero) is 1. The van der Waals surface area contributed by atoms with E-state index in [4.69, 9.17) is 13.9 Å². The van der Waals surface area contributed by atoms with Gasteiger partial charge in [-0.05, 0) is 36.5 Å². The molecule has 1 aliphatic heterocycles. The van der Waals surface area contributed by atoms with E-state index in [2.05, 4.69) is 0 Å². The van der Waals surface area contributed by atoms with Crippen molar-refractivity contribution in [2.24, 2.45) is 28.1 Å². The van der Waals surface area contributed by atoms with Crippen LogP contribution in [0.15, 0.2) is 45.8 Å². The summed E-state index contributed by atoms with van der Waals surface area (Å²) in [6, 6.07) is 1.74. The van der Waals surface area contributed by atoms with Gasteiger partial charge in [-0.3, -0.25) is 4.79 Å². The molecule has 9 nitrogen and oxygen atoms in total. The fourth-order valence-corrected chi connectivity index (χ4v) is 8.74. The van der Waals surface area contributed by atoms with Crippen LogP contribution in [0.2, 0.25) is 0 Å². The number of hydrogen-bond acceptors (Lipinski definition) is 9. The highest BCUT2D eigenvalue weighted by Crippen LogP contribution is 2.77. The predicted molar refractivity (Wildman–Crippen MR) is 122 cm³/mol. The van der Waals surface area contributed by atoms with Crippen LogP contribution >= 0.6 is 0 Å². The van der Waals surface area contributed by atoms with E-state index in [0.29, 0.717) is 29.6 Å². The van der Waals surface area contributed by atoms with Gasteiger partial charge in [-0.2, -0.15) is 0 Å². The van der Waals surface area contributed by atoms with Crippen LogP contribution in [0.5, 0.6) is 0 Å². The summed E-state index contributed by atoms with van der Waals surface area (Å²) in [6.07, 6.45) is 1.51. The average molecular weight is 499 g/mol. The molecule has 0 saturated heterocycles. The molecule has 3 unspecified atom stereocenters. The lowest BCUT2D eigenvalue weighted by molar-refractivity contribution is -0.162. The summed E-state index contributed by atoms with van der Waals surface area (Å²) in [5.41, 5.74) is -2.23. The van der Waals surface area contributed by atoms with Crippen molar-refractivity contribution in [1.82, 2.24) is 0 Å². The second kappa shape index (κ2) is 6.96. The molecule has 2 bridgehead atoms. The summed E-state index contributed by atoms with van der Waals surface area (Å²) < 4.78 is 15.8. The first-order chi connectivity index (χ1) is 16.9. The molecule has 5 aliphatic rings. The van der Waals surface area contributed by atoms with Crippen LogP contribution in [-0.2, 0) is 23.9 Å². The number of aliphatic hydroxyl groups is 3. The molecular formula is C27H30O9. The van der Waals surface area contributed by atoms with Crippen molar-refractivity contribution in [3.8, 4) is 0 Å². The van der Waals surface area contributed by atoms with Crippen LogP contribution in [0.4, 0.5) is 0 Å². The smallest absolute Gasteiger partial charge is 0.335 e. The summed E-state index contributed by atoms with van der Waals surface area (Å²) in [5.74, 6) is -4.02. The minimum Gasteiger partial charge on any atom is -0.472 e. The molecule has 2 heterocycles. The van der Waals surface area contributed by atoms with Gasteiger partial charge in [-0.1, -0.05) is 26.3 Å². The summed E-state index contributed by atoms with van der Waals surface area (Å²) in [4.78, 5) is 39.1. The molecule has 4 aliphatic carbocycles. The lowest BCUT2D eigenvalue weighted by atomic mass is 9.56. The molecule has 9 atom stereocenters. The van der Waals surface area contributed by atoms with E-state index < -0.39 is 69.7 Å². The standard InChI is InChI=1S/C27H30O9/c1-24-7-5-13-16(14(24)9-15(28)36-22(24)12-6-8-35-10-12)17-18(29)21(31)25(2)11-27(17,33)26(13,3)20(25)19(30)23(32)34-4/h6,8-10,17-20,22,29-30,33H,5,7,11H2,1-4H3/t17?,18-,19?,20+,22+,24-,25-,26+,27?/m1/s1. The van der Waals surface area contributed by atoms with Crippen LogP contribution in [0.1, 0.15) is 51.7 Å². The van der Waals surface area contributed by atoms with E-state index >= 15 is 0 Å². The van der Waals surface area contributed by atoms with Crippen LogP contribution in [0.25, 0.3) is 0 Å². The number of fused-ring (bicyclic) bond motifs is 5. The van der Waals surface area contributed by atoms with Crippen molar-refractivity contribution in [1.29, 1.82) is 0 Å². The molecule has 0 radical (unpaired) electrons. The fraction of sp³-hybridized carbons (Fsp3) is 0.593. The van der Waals surface area contributed by atoms with Gasteiger partial charge in [-0.25, -0.2) is 9.59 Å². The van der Waals surface area contributed by atoms with E-state index in [1.807, 2.05) is 6.92 Å². The number of ketones is 1. The molecule has 0 amide bonds. The van der Waals surface area contributed by atoms with Gasteiger partial charge in [0.25, 0.3) is 0 Å². The second-order valence-corrected chi connectivity index (χ2v) is 11.7. The number of carbonyl (C=O) groups is 3. The Morgan fingerprint density at radius 1 is 1.22 bits per heavy atom. The third-order valence-corrected chi connectivity index (χ3v) is 10.2. The number of esters is 2. The van der Waals surface area contributed by atoms with E-state index in [1.54, 1.807) is 19.9 Å². The van der Waals surface area contributed by atoms with Gasteiger partial charge in [0.15, 0.2) is 11.9 Å². The maximum absolute atomic E-state index is 13.7. The zero-order valence-electron chi connectivity index (χ0n) is 20.6. The quantitative estimate of drug-likeness (QED) is 0.531. The second-order valence-electron chi connectivity index (χ2n) is 11.7. The highest BCUT2D eigenvalue weighted by Gasteiger charge is 2.82. The predicted octanol–water partition coefficient (Wildman–Crippen LogP) is 1.77. The van der Waals surface area contributed by atoms with Gasteiger partial charge in [0.05, 0.1) is 25.2 Å². The van der Waals surface area contributed by atoms with Crippen molar-refractivity contribution >= 4 is 17.7 Å². The van der Waals surface area contributed by atoms with E-state index in [9.17, 15) is 29.7 Å². The average Bonchev–Trinajstić information content (AvgIpc) is 3.46. The van der Waals surface area contributed by atoms with Crippen LogP contribution in [0, 0.1) is 28.1 Å². The molecule has 1 aromatic rings. The van der Waals surface area contributed by atoms with Crippen molar-refractivity contribution < 1.29 is 43.6 Å². The molecule has 0 spiro atoms. The number of methoxy groups -OCH3 is 1. The summed E-state index contributed by atoms with van der Waals surface area (Å²) in [7, 11) is 1.16. The molecule has 2 fully saturated rings. The van der Waals surface area contributed by atoms with Gasteiger partial charge < -0.3 is 29.2 Å². The lowest BCUT2D eigenvalue weighted by Gasteiger charge is -2.49. The van der Waals surface area contributed by atoms with Gasteiger partial charge in [0, 0.05) is 39.7 Å². The zero-order valence-corrected chi connectivity index (χ0v) is 20.6. The topological polar surface area (TPSA) is 144 Å². The van der Waals surface area contributed by atoms with Gasteiger partial charge in [0.2, 0.25) is 0 Å². The number of aliphatic hydroxyl groups excluding tert-OH is 2. The Hall–Kier alpha value is -2.75. The number of carbonyl (C=O) groups excluding carboxylic acids is 3. The highest BCUT2D eigenvalue weighted by molar-refractivity contribution is 5.95. The normalized spacial score (nSPS) is 45.6. The Labute approximate surface area is 207 Å². The number of ether oxygens (including phenoxy) is 2. The van der Waals surface area contributed by atoms with Crippen molar-refractivity contribution in [3.05, 3.63) is 47.0 Å². The number of furan rings is 1. The largest absolute Gasteiger partial charge is 0.472 e. The Morgan fingerprint density at radius 2 is 1.94 bits per heavy atom. The Kier molecular flexibility index (Phi) is 4.57. The Balaban J connectivity index is 1.60. The zero-order chi connectivity index (χ0) is 26.0. The third-order valence-electron chi connectivity index (χ3n) is 10.2. The molecule has 36 heavy (non-hydrogen) atoms. The van der Waals surface area contributed by atoms with Crippen LogP contribution < -0.4 is 0 Å². The Morgan fingerprint density at radius 3 is 2.58 bits per heavy atom. The lowest BCUT2D eigenvalue weighted by Crippen LogP contribution is -2.56. The Bertz CT molecular complexity index is 1260. The molecule has 6 rings (SSSR count). The molecule has 0 aromatic carbocycles. The van der Waals surface area contributed by atoms with Gasteiger partial charge in [0.1, 0.15) is 12.2 Å².